The Balaban J connectivity index is 1.81. The number of hydrogen-bond acceptors (Lipinski definition) is 4. The highest BCUT2D eigenvalue weighted by atomic mass is 35.5. The fraction of sp³-hybridized carbons (Fsp3) is 0.300. The minimum Gasteiger partial charge on any atom is -0.440 e. The minimum absolute atomic E-state index is 0.196. The largest absolute Gasteiger partial charge is 0.440 e. The molecule has 0 atom stereocenters. The van der Waals surface area contributed by atoms with E-state index in [0.29, 0.717) is 18.8 Å². The number of nitrogens with zero attached hydrogens (tertiary/aromatic N) is 3. The third-order valence-corrected chi connectivity index (χ3v) is 2.28. The summed E-state index contributed by atoms with van der Waals surface area (Å²) in [6, 6.07) is 3.05. The maximum Gasteiger partial charge on any atom is 0.287 e. The molecule has 17 heavy (non-hydrogen) atoms. The van der Waals surface area contributed by atoms with E-state index in [2.05, 4.69) is 15.4 Å². The number of carbonyl (C=O) groups excluding carboxylic acids is 1. The zero-order valence-corrected chi connectivity index (χ0v) is 9.94. The minimum atomic E-state index is -0.298. The van der Waals surface area contributed by atoms with Gasteiger partial charge in [-0.15, -0.1) is 0 Å². The predicted molar refractivity (Wildman–Crippen MR) is 60.8 cm³/mol. The van der Waals surface area contributed by atoms with E-state index in [-0.39, 0.29) is 16.9 Å². The SMILES string of the molecule is Cn1cnc(CCNC(=O)c2ccc(Cl)o2)n1. The zero-order valence-electron chi connectivity index (χ0n) is 9.18. The first-order chi connectivity index (χ1) is 8.15. The highest BCUT2D eigenvalue weighted by molar-refractivity contribution is 6.29. The van der Waals surface area contributed by atoms with Crippen LogP contribution in [0, 0.1) is 0 Å². The van der Waals surface area contributed by atoms with Gasteiger partial charge in [-0.1, -0.05) is 0 Å². The molecule has 0 aromatic carbocycles. The van der Waals surface area contributed by atoms with Crippen LogP contribution in [-0.4, -0.2) is 27.2 Å². The molecule has 0 aliphatic carbocycles. The Kier molecular flexibility index (Phi) is 3.43. The van der Waals surface area contributed by atoms with Crippen molar-refractivity contribution in [2.45, 2.75) is 6.42 Å². The smallest absolute Gasteiger partial charge is 0.287 e. The van der Waals surface area contributed by atoms with Crippen LogP contribution in [0.1, 0.15) is 16.4 Å². The molecule has 0 bridgehead atoms. The number of nitrogens with one attached hydrogen (secondary N) is 1. The summed E-state index contributed by atoms with van der Waals surface area (Å²) in [5, 5.41) is 6.98. The van der Waals surface area contributed by atoms with Crippen molar-refractivity contribution in [3.8, 4) is 0 Å². The monoisotopic (exact) mass is 254 g/mol. The van der Waals surface area contributed by atoms with Gasteiger partial charge in [0.05, 0.1) is 0 Å². The molecule has 0 fully saturated rings. The second-order valence-electron chi connectivity index (χ2n) is 3.44. The summed E-state index contributed by atoms with van der Waals surface area (Å²) < 4.78 is 6.58. The lowest BCUT2D eigenvalue weighted by Crippen LogP contribution is -2.25. The van der Waals surface area contributed by atoms with Gasteiger partial charge in [-0.25, -0.2) is 4.98 Å². The van der Waals surface area contributed by atoms with E-state index in [1.165, 1.54) is 12.1 Å². The van der Waals surface area contributed by atoms with Crippen LogP contribution in [-0.2, 0) is 13.5 Å². The first-order valence-corrected chi connectivity index (χ1v) is 5.41. The number of aromatic nitrogens is 3. The van der Waals surface area contributed by atoms with Crippen molar-refractivity contribution in [3.63, 3.8) is 0 Å². The molecule has 0 aliphatic heterocycles. The molecule has 0 radical (unpaired) electrons. The van der Waals surface area contributed by atoms with Gasteiger partial charge in [-0.3, -0.25) is 9.48 Å². The summed E-state index contributed by atoms with van der Waals surface area (Å²) in [4.78, 5) is 15.6. The Hall–Kier alpha value is -1.82. The van der Waals surface area contributed by atoms with E-state index in [4.69, 9.17) is 16.0 Å². The Bertz CT molecular complexity index is 520. The Morgan fingerprint density at radius 1 is 1.59 bits per heavy atom. The van der Waals surface area contributed by atoms with Crippen LogP contribution in [0.4, 0.5) is 0 Å². The van der Waals surface area contributed by atoms with Gasteiger partial charge in [0.15, 0.2) is 16.8 Å². The van der Waals surface area contributed by atoms with E-state index in [1.54, 1.807) is 18.1 Å². The van der Waals surface area contributed by atoms with Crippen LogP contribution in [0.5, 0.6) is 0 Å². The number of hydrogen-bond donors (Lipinski definition) is 1. The number of rotatable bonds is 4. The average molecular weight is 255 g/mol. The van der Waals surface area contributed by atoms with Crippen LogP contribution in [0.15, 0.2) is 22.9 Å². The predicted octanol–water partition coefficient (Wildman–Crippen LogP) is 1.03. The van der Waals surface area contributed by atoms with E-state index < -0.39 is 0 Å². The van der Waals surface area contributed by atoms with Crippen molar-refractivity contribution >= 4 is 17.5 Å². The highest BCUT2D eigenvalue weighted by Crippen LogP contribution is 2.12. The van der Waals surface area contributed by atoms with Gasteiger partial charge in [-0.05, 0) is 23.7 Å². The molecule has 90 valence electrons. The van der Waals surface area contributed by atoms with Gasteiger partial charge in [0.25, 0.3) is 5.91 Å². The Morgan fingerprint density at radius 3 is 3.00 bits per heavy atom. The topological polar surface area (TPSA) is 73.0 Å². The molecule has 1 N–H and O–H groups in total. The fourth-order valence-electron chi connectivity index (χ4n) is 1.31. The third kappa shape index (κ3) is 3.07. The summed E-state index contributed by atoms with van der Waals surface area (Å²) in [7, 11) is 1.79. The van der Waals surface area contributed by atoms with Crippen LogP contribution in [0.3, 0.4) is 0 Å². The van der Waals surface area contributed by atoms with E-state index >= 15 is 0 Å². The maximum absolute atomic E-state index is 11.5. The molecular weight excluding hydrogens is 244 g/mol. The lowest BCUT2D eigenvalue weighted by Gasteiger charge is -2.00. The maximum atomic E-state index is 11.5. The van der Waals surface area contributed by atoms with E-state index in [1.807, 2.05) is 0 Å². The summed E-state index contributed by atoms with van der Waals surface area (Å²) >= 11 is 5.57. The van der Waals surface area contributed by atoms with Gasteiger partial charge >= 0.3 is 0 Å². The quantitative estimate of drug-likeness (QED) is 0.885. The van der Waals surface area contributed by atoms with Crippen molar-refractivity contribution in [1.82, 2.24) is 20.1 Å². The molecule has 2 rings (SSSR count). The van der Waals surface area contributed by atoms with Gasteiger partial charge in [0.1, 0.15) is 6.33 Å². The number of carbonyl (C=O) groups is 1. The third-order valence-electron chi connectivity index (χ3n) is 2.08. The van der Waals surface area contributed by atoms with Crippen LogP contribution in [0.25, 0.3) is 0 Å². The van der Waals surface area contributed by atoms with Gasteiger partial charge in [-0.2, -0.15) is 5.10 Å². The number of halogens is 1. The second-order valence-corrected chi connectivity index (χ2v) is 3.82. The molecule has 2 aromatic rings. The molecule has 2 heterocycles. The second kappa shape index (κ2) is 5.01. The number of amides is 1. The zero-order chi connectivity index (χ0) is 12.3. The van der Waals surface area contributed by atoms with Gasteiger partial charge in [0, 0.05) is 20.0 Å². The normalized spacial score (nSPS) is 10.5. The van der Waals surface area contributed by atoms with Crippen molar-refractivity contribution in [2.24, 2.45) is 7.05 Å². The van der Waals surface area contributed by atoms with Crippen LogP contribution in [0.2, 0.25) is 5.22 Å². The van der Waals surface area contributed by atoms with Crippen molar-refractivity contribution in [1.29, 1.82) is 0 Å². The number of aryl methyl sites for hydroxylation is 1. The van der Waals surface area contributed by atoms with Crippen molar-refractivity contribution < 1.29 is 9.21 Å². The molecule has 2 aromatic heterocycles. The van der Waals surface area contributed by atoms with Crippen LogP contribution < -0.4 is 5.32 Å². The molecule has 0 spiro atoms. The molecular formula is C10H11ClN4O2. The molecule has 0 saturated heterocycles. The van der Waals surface area contributed by atoms with E-state index in [0.717, 1.165) is 0 Å². The summed E-state index contributed by atoms with van der Waals surface area (Å²) in [5.41, 5.74) is 0. The lowest BCUT2D eigenvalue weighted by molar-refractivity contribution is 0.0926. The lowest BCUT2D eigenvalue weighted by atomic mass is 10.3. The highest BCUT2D eigenvalue weighted by Gasteiger charge is 2.09. The molecule has 0 unspecified atom stereocenters. The first kappa shape index (κ1) is 11.7. The van der Waals surface area contributed by atoms with Crippen LogP contribution >= 0.6 is 11.6 Å². The van der Waals surface area contributed by atoms with Crippen molar-refractivity contribution in [2.75, 3.05) is 6.54 Å². The van der Waals surface area contributed by atoms with Gasteiger partial charge in [0.2, 0.25) is 0 Å². The van der Waals surface area contributed by atoms with E-state index in [9.17, 15) is 4.79 Å². The summed E-state index contributed by atoms with van der Waals surface area (Å²) in [6.07, 6.45) is 2.18. The standard InChI is InChI=1S/C10H11ClN4O2/c1-15-6-13-9(14-15)4-5-12-10(16)7-2-3-8(11)17-7/h2-3,6H,4-5H2,1H3,(H,12,16). The summed E-state index contributed by atoms with van der Waals surface area (Å²) in [6.45, 7) is 0.446. The average Bonchev–Trinajstić information content (AvgIpc) is 2.88. The molecule has 0 saturated carbocycles. The Labute approximate surface area is 103 Å². The molecule has 7 heteroatoms. The molecule has 1 amide bonds. The van der Waals surface area contributed by atoms with Crippen molar-refractivity contribution in [3.05, 3.63) is 35.3 Å². The fourth-order valence-corrected chi connectivity index (χ4v) is 1.46. The molecule has 6 nitrogen and oxygen atoms in total. The molecule has 0 aliphatic rings. The number of furan rings is 1. The Morgan fingerprint density at radius 2 is 2.41 bits per heavy atom. The van der Waals surface area contributed by atoms with Gasteiger partial charge < -0.3 is 9.73 Å². The summed E-state index contributed by atoms with van der Waals surface area (Å²) in [5.74, 6) is 0.585. The first-order valence-electron chi connectivity index (χ1n) is 5.03.